The summed E-state index contributed by atoms with van der Waals surface area (Å²) in [7, 11) is 8.16. The Hall–Kier alpha value is -4.77. The molecule has 7 rings (SSSR count). The van der Waals surface area contributed by atoms with Gasteiger partial charge in [0.2, 0.25) is 0 Å². The predicted molar refractivity (Wildman–Crippen MR) is 193 cm³/mol. The Balaban J connectivity index is 1.43. The lowest BCUT2D eigenvalue weighted by molar-refractivity contribution is -0.0724. The number of halogens is 1. The number of phenols is 2. The summed E-state index contributed by atoms with van der Waals surface area (Å²) >= 11 is 3.54. The normalized spacial score (nSPS) is 22.3. The number of nitrogens with one attached hydrogen (secondary N) is 1. The third kappa shape index (κ3) is 4.98. The van der Waals surface area contributed by atoms with Crippen LogP contribution in [0.1, 0.15) is 56.0 Å². The zero-order valence-corrected chi connectivity index (χ0v) is 31.1. The van der Waals surface area contributed by atoms with Crippen LogP contribution in [0, 0.1) is 25.2 Å². The van der Waals surface area contributed by atoms with E-state index in [1.165, 1.54) is 14.2 Å². The van der Waals surface area contributed by atoms with Crippen molar-refractivity contribution in [2.24, 2.45) is 0 Å². The Bertz CT molecular complexity index is 2140. The summed E-state index contributed by atoms with van der Waals surface area (Å²) in [6, 6.07) is 7.56. The van der Waals surface area contributed by atoms with Crippen LogP contribution >= 0.6 is 15.9 Å². The Kier molecular flexibility index (Phi) is 8.90. The fraction of sp³-hybridized carbons (Fsp3) is 0.395. The van der Waals surface area contributed by atoms with Gasteiger partial charge in [-0.05, 0) is 55.1 Å². The minimum Gasteiger partial charge on any atom is -0.504 e. The van der Waals surface area contributed by atoms with Crippen LogP contribution in [0.2, 0.25) is 0 Å². The van der Waals surface area contributed by atoms with Gasteiger partial charge in [-0.15, -0.1) is 0 Å². The number of nitrogens with zero attached hydrogens (tertiary/aromatic N) is 4. The standard InChI is InChI=1S/C38H40BrN5O7/c1-17-34(48-4)21-13-25-31-29-22(35(49-5)18(2)37(51-7)33(29)46)12-24(43(31)3)26(14-40)44(25)27(28(21)32(45)36(17)50-6)16-42-38(47)30-20-11-9-8-10-19(20)23(39)15-41-30/h8-11,15,24-27,31,45-46H,12-13,16H2,1-7H3,(H,42,47)/t24-,25-,26-,27-,31-/m0/s1. The molecule has 12 nitrogen and oxygen atoms in total. The summed E-state index contributed by atoms with van der Waals surface area (Å²) in [5.41, 5.74) is 4.33. The van der Waals surface area contributed by atoms with Gasteiger partial charge >= 0.3 is 0 Å². The maximum atomic E-state index is 14.0. The van der Waals surface area contributed by atoms with E-state index in [4.69, 9.17) is 18.9 Å². The number of carbonyl (C=O) groups excluding carboxylic acids is 1. The van der Waals surface area contributed by atoms with Crippen molar-refractivity contribution >= 4 is 32.6 Å². The van der Waals surface area contributed by atoms with Crippen molar-refractivity contribution < 1.29 is 34.0 Å². The third-order valence-electron chi connectivity index (χ3n) is 11.1. The molecule has 4 heterocycles. The molecule has 13 heteroatoms. The fourth-order valence-corrected chi connectivity index (χ4v) is 9.47. The van der Waals surface area contributed by atoms with Crippen LogP contribution < -0.4 is 24.3 Å². The minimum atomic E-state index is -0.700. The number of carbonyl (C=O) groups is 1. The Morgan fingerprint density at radius 1 is 0.922 bits per heavy atom. The summed E-state index contributed by atoms with van der Waals surface area (Å²) in [6.45, 7) is 3.70. The van der Waals surface area contributed by atoms with Crippen molar-refractivity contribution in [3.63, 3.8) is 0 Å². The van der Waals surface area contributed by atoms with Crippen LogP contribution in [0.4, 0.5) is 0 Å². The molecule has 0 unspecified atom stereocenters. The molecule has 0 aliphatic carbocycles. The minimum absolute atomic E-state index is 0.0258. The zero-order valence-electron chi connectivity index (χ0n) is 29.5. The van der Waals surface area contributed by atoms with Crippen molar-refractivity contribution in [1.29, 1.82) is 5.26 Å². The number of rotatable bonds is 7. The molecule has 0 saturated carbocycles. The smallest absolute Gasteiger partial charge is 0.270 e. The predicted octanol–water partition coefficient (Wildman–Crippen LogP) is 5.26. The van der Waals surface area contributed by atoms with Gasteiger partial charge in [0.05, 0.1) is 46.6 Å². The second-order valence-electron chi connectivity index (χ2n) is 13.3. The first-order valence-electron chi connectivity index (χ1n) is 16.7. The maximum absolute atomic E-state index is 14.0. The highest BCUT2D eigenvalue weighted by molar-refractivity contribution is 9.10. The molecule has 3 aliphatic rings. The van der Waals surface area contributed by atoms with E-state index in [9.17, 15) is 20.3 Å². The van der Waals surface area contributed by atoms with Crippen molar-refractivity contribution in [1.82, 2.24) is 20.1 Å². The molecular formula is C38H40BrN5O7. The molecule has 2 bridgehead atoms. The van der Waals surface area contributed by atoms with Crippen LogP contribution in [0.15, 0.2) is 34.9 Å². The Morgan fingerprint density at radius 2 is 1.47 bits per heavy atom. The van der Waals surface area contributed by atoms with Gasteiger partial charge in [-0.2, -0.15) is 5.26 Å². The quantitative estimate of drug-likeness (QED) is 0.227. The number of piperazine rings is 1. The first-order chi connectivity index (χ1) is 24.5. The van der Waals surface area contributed by atoms with Crippen LogP contribution in [-0.4, -0.2) is 91.1 Å². The lowest BCUT2D eigenvalue weighted by Crippen LogP contribution is -2.68. The topological polar surface area (TPSA) is 150 Å². The largest absolute Gasteiger partial charge is 0.504 e. The van der Waals surface area contributed by atoms with Gasteiger partial charge in [-0.1, -0.05) is 24.3 Å². The lowest BCUT2D eigenvalue weighted by atomic mass is 9.71. The van der Waals surface area contributed by atoms with E-state index in [-0.39, 0.29) is 35.5 Å². The molecule has 3 aliphatic heterocycles. The molecule has 0 spiro atoms. The molecule has 1 amide bonds. The monoisotopic (exact) mass is 757 g/mol. The molecule has 5 atom stereocenters. The summed E-state index contributed by atoms with van der Waals surface area (Å²) < 4.78 is 24.1. The van der Waals surface area contributed by atoms with E-state index >= 15 is 0 Å². The first-order valence-corrected chi connectivity index (χ1v) is 17.5. The summed E-state index contributed by atoms with van der Waals surface area (Å²) in [5.74, 6) is 1.32. The van der Waals surface area contributed by atoms with Gasteiger partial charge in [-0.25, -0.2) is 4.98 Å². The first kappa shape index (κ1) is 34.7. The van der Waals surface area contributed by atoms with E-state index < -0.39 is 30.1 Å². The molecular weight excluding hydrogens is 718 g/mol. The number of methoxy groups -OCH3 is 4. The highest BCUT2D eigenvalue weighted by Gasteiger charge is 2.57. The molecule has 1 fully saturated rings. The molecule has 3 aromatic carbocycles. The molecule has 1 aromatic heterocycles. The number of aromatic nitrogens is 1. The Labute approximate surface area is 304 Å². The van der Waals surface area contributed by atoms with Crippen molar-refractivity contribution in [2.75, 3.05) is 42.0 Å². The molecule has 3 N–H and O–H groups in total. The van der Waals surface area contributed by atoms with Crippen LogP contribution in [0.3, 0.4) is 0 Å². The van der Waals surface area contributed by atoms with Gasteiger partial charge in [0, 0.05) is 68.1 Å². The fourth-order valence-electron chi connectivity index (χ4n) is 9.03. The van der Waals surface area contributed by atoms with Gasteiger partial charge in [0.15, 0.2) is 23.0 Å². The number of hydrogen-bond donors (Lipinski definition) is 3. The number of fused-ring (bicyclic) bond motifs is 8. The maximum Gasteiger partial charge on any atom is 0.270 e. The van der Waals surface area contributed by atoms with Crippen molar-refractivity contribution in [3.05, 3.63) is 74.0 Å². The third-order valence-corrected chi connectivity index (χ3v) is 11.7. The molecule has 0 radical (unpaired) electrons. The summed E-state index contributed by atoms with van der Waals surface area (Å²) in [6.07, 6.45) is 2.38. The number of nitriles is 1. The van der Waals surface area contributed by atoms with E-state index in [0.29, 0.717) is 57.7 Å². The number of likely N-dealkylation sites (N-methyl/N-ethyl adjacent to an activating group) is 1. The molecule has 266 valence electrons. The van der Waals surface area contributed by atoms with Crippen molar-refractivity contribution in [3.8, 4) is 40.6 Å². The number of hydrogen-bond acceptors (Lipinski definition) is 11. The number of benzene rings is 3. The molecule has 4 aromatic rings. The van der Waals surface area contributed by atoms with E-state index in [0.717, 1.165) is 21.0 Å². The number of amides is 1. The average molecular weight is 759 g/mol. The van der Waals surface area contributed by atoms with E-state index in [1.807, 2.05) is 45.2 Å². The van der Waals surface area contributed by atoms with E-state index in [1.54, 1.807) is 20.4 Å². The highest BCUT2D eigenvalue weighted by Crippen LogP contribution is 2.58. The number of ether oxygens (including phenoxy) is 4. The van der Waals surface area contributed by atoms with Crippen LogP contribution in [-0.2, 0) is 12.8 Å². The molecule has 51 heavy (non-hydrogen) atoms. The van der Waals surface area contributed by atoms with Gasteiger partial charge < -0.3 is 34.5 Å². The van der Waals surface area contributed by atoms with Crippen LogP contribution in [0.5, 0.6) is 34.5 Å². The number of aromatic hydroxyl groups is 2. The van der Waals surface area contributed by atoms with Gasteiger partial charge in [-0.3, -0.25) is 14.6 Å². The van der Waals surface area contributed by atoms with Gasteiger partial charge in [0.1, 0.15) is 23.2 Å². The Morgan fingerprint density at radius 3 is 2.06 bits per heavy atom. The summed E-state index contributed by atoms with van der Waals surface area (Å²) in [5, 5.41) is 39.4. The van der Waals surface area contributed by atoms with Gasteiger partial charge in [0.25, 0.3) is 5.91 Å². The lowest BCUT2D eigenvalue weighted by Gasteiger charge is -2.60. The number of phenolic OH excluding ortho intramolecular Hbond substituents is 2. The second kappa shape index (κ2) is 13.1. The van der Waals surface area contributed by atoms with E-state index in [2.05, 4.69) is 42.1 Å². The van der Waals surface area contributed by atoms with Crippen LogP contribution in [0.25, 0.3) is 10.8 Å². The average Bonchev–Trinajstić information content (AvgIpc) is 3.12. The van der Waals surface area contributed by atoms with Crippen molar-refractivity contribution in [2.45, 2.75) is 56.9 Å². The molecule has 1 saturated heterocycles. The number of pyridine rings is 1. The highest BCUT2D eigenvalue weighted by atomic mass is 79.9. The second-order valence-corrected chi connectivity index (χ2v) is 14.1. The summed E-state index contributed by atoms with van der Waals surface area (Å²) in [4.78, 5) is 22.7. The SMILES string of the molecule is COc1c(C)c(OC)c2c(c1O)[C@@H]1[C@@H]3Cc4c(OC)c(C)c(OC)c(O)c4[C@H](CNC(=O)c4ncc(Br)c5ccccc45)N3[C@@H](C#N)[C@H](C2)N1C. The zero-order chi connectivity index (χ0) is 36.5.